The third-order valence-corrected chi connectivity index (χ3v) is 3.46. The summed E-state index contributed by atoms with van der Waals surface area (Å²) in [4.78, 5) is 12.9. The molecular weight excluding hydrogens is 428 g/mol. The fourth-order valence-electron chi connectivity index (χ4n) is 1.42. The zero-order chi connectivity index (χ0) is 12.2. The summed E-state index contributed by atoms with van der Waals surface area (Å²) in [5, 5.41) is 0. The summed E-state index contributed by atoms with van der Waals surface area (Å²) in [6.07, 6.45) is 10.3. The smallest absolute Gasteiger partial charge is 0.214 e. The van der Waals surface area contributed by atoms with Gasteiger partial charge < -0.3 is 4.90 Å². The fraction of sp³-hybridized carbons (Fsp3) is 0.750. The van der Waals surface area contributed by atoms with Crippen molar-refractivity contribution in [2.75, 3.05) is 24.6 Å². The summed E-state index contributed by atoms with van der Waals surface area (Å²) < 4.78 is 1.39. The third-order valence-electron chi connectivity index (χ3n) is 2.34. The minimum atomic E-state index is 0.102. The standard InChI is InChI=1S/C12H21I2NO/c1-15(11-7-8-12(14)16)10-6-4-2-3-5-9-13/h7-8H,2-6,9-11H2,1H3/b8-7+. The van der Waals surface area contributed by atoms with Crippen LogP contribution in [0.1, 0.15) is 32.1 Å². The predicted molar refractivity (Wildman–Crippen MR) is 87.6 cm³/mol. The van der Waals surface area contributed by atoms with Crippen LogP contribution in [0.3, 0.4) is 0 Å². The zero-order valence-corrected chi connectivity index (χ0v) is 14.2. The number of halogens is 2. The second kappa shape index (κ2) is 12.3. The maximum absolute atomic E-state index is 10.7. The monoisotopic (exact) mass is 449 g/mol. The average Bonchev–Trinajstić information content (AvgIpc) is 2.22. The number of allylic oxidation sites excluding steroid dienone is 1. The first-order valence-electron chi connectivity index (χ1n) is 5.77. The largest absolute Gasteiger partial charge is 0.303 e. The Labute approximate surface area is 127 Å². The van der Waals surface area contributed by atoms with Gasteiger partial charge in [-0.25, -0.2) is 0 Å². The molecule has 0 rings (SSSR count). The number of likely N-dealkylation sites (N-methyl/N-ethyl adjacent to an activating group) is 1. The molecule has 0 aromatic carbocycles. The van der Waals surface area contributed by atoms with Crippen molar-refractivity contribution in [3.05, 3.63) is 12.2 Å². The number of carbonyl (C=O) groups excluding carboxylic acids is 1. The van der Waals surface area contributed by atoms with Crippen molar-refractivity contribution in [3.8, 4) is 0 Å². The number of unbranched alkanes of at least 4 members (excludes halogenated alkanes) is 4. The van der Waals surface area contributed by atoms with E-state index in [9.17, 15) is 4.79 Å². The molecule has 0 unspecified atom stereocenters. The molecular formula is C12H21I2NO. The van der Waals surface area contributed by atoms with Crippen molar-refractivity contribution in [2.24, 2.45) is 0 Å². The van der Waals surface area contributed by atoms with Crippen LogP contribution in [-0.4, -0.2) is 33.3 Å². The minimum Gasteiger partial charge on any atom is -0.303 e. The van der Waals surface area contributed by atoms with Gasteiger partial charge >= 0.3 is 0 Å². The molecule has 0 fully saturated rings. The third kappa shape index (κ3) is 12.9. The van der Waals surface area contributed by atoms with E-state index in [-0.39, 0.29) is 3.79 Å². The van der Waals surface area contributed by atoms with Gasteiger partial charge in [0.2, 0.25) is 3.79 Å². The molecule has 0 aromatic rings. The van der Waals surface area contributed by atoms with Gasteiger partial charge in [-0.05, 0) is 36.9 Å². The summed E-state index contributed by atoms with van der Waals surface area (Å²) >= 11 is 4.23. The van der Waals surface area contributed by atoms with Gasteiger partial charge in [-0.2, -0.15) is 0 Å². The van der Waals surface area contributed by atoms with Gasteiger partial charge in [0.1, 0.15) is 0 Å². The van der Waals surface area contributed by atoms with Gasteiger partial charge in [-0.15, -0.1) is 0 Å². The molecule has 0 atom stereocenters. The van der Waals surface area contributed by atoms with Crippen LogP contribution < -0.4 is 0 Å². The first-order valence-corrected chi connectivity index (χ1v) is 8.37. The van der Waals surface area contributed by atoms with E-state index in [2.05, 4.69) is 34.5 Å². The summed E-state index contributed by atoms with van der Waals surface area (Å²) in [6.45, 7) is 2.01. The van der Waals surface area contributed by atoms with Crippen LogP contribution >= 0.6 is 45.2 Å². The Morgan fingerprint density at radius 1 is 1.19 bits per heavy atom. The summed E-state index contributed by atoms with van der Waals surface area (Å²) in [7, 11) is 2.10. The van der Waals surface area contributed by atoms with Crippen molar-refractivity contribution in [2.45, 2.75) is 32.1 Å². The van der Waals surface area contributed by atoms with Crippen molar-refractivity contribution in [3.63, 3.8) is 0 Å². The SMILES string of the molecule is CN(C/C=C/C(=O)I)CCCCCCCI. The molecule has 0 bridgehead atoms. The van der Waals surface area contributed by atoms with Gasteiger partial charge in [0.05, 0.1) is 0 Å². The van der Waals surface area contributed by atoms with E-state index in [1.165, 1.54) is 36.5 Å². The van der Waals surface area contributed by atoms with Crippen molar-refractivity contribution in [1.82, 2.24) is 4.90 Å². The Hall–Kier alpha value is 0.830. The van der Waals surface area contributed by atoms with Gasteiger partial charge in [0.15, 0.2) is 0 Å². The molecule has 16 heavy (non-hydrogen) atoms. The van der Waals surface area contributed by atoms with E-state index >= 15 is 0 Å². The highest BCUT2D eigenvalue weighted by Gasteiger charge is 1.96. The highest BCUT2D eigenvalue weighted by molar-refractivity contribution is 14.1. The molecule has 0 aliphatic heterocycles. The van der Waals surface area contributed by atoms with Crippen LogP contribution in [0.4, 0.5) is 0 Å². The topological polar surface area (TPSA) is 20.3 Å². The lowest BCUT2D eigenvalue weighted by molar-refractivity contribution is -0.105. The van der Waals surface area contributed by atoms with Crippen LogP contribution in [0.5, 0.6) is 0 Å². The van der Waals surface area contributed by atoms with Gasteiger partial charge in [0.25, 0.3) is 0 Å². The minimum absolute atomic E-state index is 0.102. The van der Waals surface area contributed by atoms with Crippen LogP contribution in [0.2, 0.25) is 0 Å². The lowest BCUT2D eigenvalue weighted by atomic mass is 10.1. The van der Waals surface area contributed by atoms with E-state index < -0.39 is 0 Å². The molecule has 0 spiro atoms. The second-order valence-corrected chi connectivity index (χ2v) is 6.07. The van der Waals surface area contributed by atoms with Crippen molar-refractivity contribution in [1.29, 1.82) is 0 Å². The molecule has 0 saturated heterocycles. The van der Waals surface area contributed by atoms with Crippen LogP contribution in [0.15, 0.2) is 12.2 Å². The van der Waals surface area contributed by atoms with E-state index in [4.69, 9.17) is 0 Å². The molecule has 0 aliphatic carbocycles. The number of rotatable bonds is 10. The summed E-state index contributed by atoms with van der Waals surface area (Å²) in [5.74, 6) is 0. The molecule has 2 nitrogen and oxygen atoms in total. The van der Waals surface area contributed by atoms with E-state index in [1.54, 1.807) is 28.7 Å². The fourth-order valence-corrected chi connectivity index (χ4v) is 2.22. The van der Waals surface area contributed by atoms with Gasteiger partial charge in [0, 0.05) is 29.1 Å². The molecule has 0 aliphatic rings. The van der Waals surface area contributed by atoms with Gasteiger partial charge in [-0.1, -0.05) is 47.9 Å². The number of carbonyl (C=O) groups is 1. The van der Waals surface area contributed by atoms with Crippen LogP contribution in [0, 0.1) is 0 Å². The molecule has 0 heterocycles. The van der Waals surface area contributed by atoms with Crippen LogP contribution in [0.25, 0.3) is 0 Å². The molecule has 0 amide bonds. The molecule has 0 saturated carbocycles. The number of alkyl halides is 1. The lowest BCUT2D eigenvalue weighted by Gasteiger charge is -2.13. The van der Waals surface area contributed by atoms with Crippen molar-refractivity contribution < 1.29 is 4.79 Å². The Bertz CT molecular complexity index is 207. The summed E-state index contributed by atoms with van der Waals surface area (Å²) in [6, 6.07) is 0. The van der Waals surface area contributed by atoms with E-state index in [1.807, 2.05) is 6.08 Å². The van der Waals surface area contributed by atoms with Gasteiger partial charge in [-0.3, -0.25) is 4.79 Å². The average molecular weight is 449 g/mol. The highest BCUT2D eigenvalue weighted by Crippen LogP contribution is 2.05. The van der Waals surface area contributed by atoms with Crippen molar-refractivity contribution >= 4 is 49.0 Å². The molecule has 94 valence electrons. The maximum atomic E-state index is 10.7. The second-order valence-electron chi connectivity index (χ2n) is 3.93. The van der Waals surface area contributed by atoms with E-state index in [0.29, 0.717) is 0 Å². The first kappa shape index (κ1) is 16.8. The Kier molecular flexibility index (Phi) is 12.9. The molecule has 0 aromatic heterocycles. The maximum Gasteiger partial charge on any atom is 0.214 e. The normalized spacial score (nSPS) is 11.5. The Morgan fingerprint density at radius 2 is 1.81 bits per heavy atom. The number of hydrogen-bond donors (Lipinski definition) is 0. The predicted octanol–water partition coefficient (Wildman–Crippen LogP) is 3.82. The summed E-state index contributed by atoms with van der Waals surface area (Å²) in [5.41, 5.74) is 0. The van der Waals surface area contributed by atoms with Crippen LogP contribution in [-0.2, 0) is 4.79 Å². The number of nitrogens with zero attached hydrogens (tertiary/aromatic N) is 1. The van der Waals surface area contributed by atoms with E-state index in [0.717, 1.165) is 13.1 Å². The quantitative estimate of drug-likeness (QED) is 0.166. The first-order chi connectivity index (χ1) is 7.66. The highest BCUT2D eigenvalue weighted by atomic mass is 127. The molecule has 0 N–H and O–H groups in total. The Morgan fingerprint density at radius 3 is 2.44 bits per heavy atom. The number of hydrogen-bond acceptors (Lipinski definition) is 2. The molecule has 0 radical (unpaired) electrons. The molecule has 4 heteroatoms. The lowest BCUT2D eigenvalue weighted by Crippen LogP contribution is -2.19. The Balaban J connectivity index is 3.30. The zero-order valence-electron chi connectivity index (χ0n) is 9.92.